The van der Waals surface area contributed by atoms with Gasteiger partial charge in [-0.25, -0.2) is 0 Å². The number of nitrogens with one attached hydrogen (secondary N) is 1. The molecule has 0 saturated carbocycles. The maximum Gasteiger partial charge on any atom is 0.112 e. The van der Waals surface area contributed by atoms with Gasteiger partial charge in [-0.2, -0.15) is 0 Å². The normalized spacial score (nSPS) is 15.1. The molecule has 27 heavy (non-hydrogen) atoms. The summed E-state index contributed by atoms with van der Waals surface area (Å²) in [6, 6.07) is 33.8. The number of halogens is 1. The van der Waals surface area contributed by atoms with Gasteiger partial charge in [-0.3, -0.25) is 0 Å². The first kappa shape index (κ1) is 20.3. The summed E-state index contributed by atoms with van der Waals surface area (Å²) in [4.78, 5) is 0. The van der Waals surface area contributed by atoms with Crippen molar-refractivity contribution in [3.05, 3.63) is 91.0 Å². The smallest absolute Gasteiger partial charge is 0.112 e. The van der Waals surface area contributed by atoms with E-state index in [0.717, 1.165) is 19.0 Å². The van der Waals surface area contributed by atoms with E-state index in [9.17, 15) is 0 Å². The van der Waals surface area contributed by atoms with Gasteiger partial charge in [0.25, 0.3) is 0 Å². The predicted molar refractivity (Wildman–Crippen MR) is 116 cm³/mol. The maximum absolute atomic E-state index is 3.53. The average Bonchev–Trinajstić information content (AvgIpc) is 2.75. The van der Waals surface area contributed by atoms with E-state index in [1.807, 2.05) is 0 Å². The highest BCUT2D eigenvalue weighted by atomic mass is 79.9. The molecule has 3 aromatic rings. The lowest BCUT2D eigenvalue weighted by molar-refractivity contribution is -0.00000518. The molecule has 0 amide bonds. The summed E-state index contributed by atoms with van der Waals surface area (Å²) >= 11 is 0. The number of rotatable bonds is 5. The highest BCUT2D eigenvalue weighted by molar-refractivity contribution is 7.95. The molecule has 1 aliphatic heterocycles. The van der Waals surface area contributed by atoms with E-state index in [0.29, 0.717) is 0 Å². The molecule has 1 fully saturated rings. The highest BCUT2D eigenvalue weighted by Gasteiger charge is 2.46. The van der Waals surface area contributed by atoms with Crippen LogP contribution in [0, 0.1) is 5.92 Å². The van der Waals surface area contributed by atoms with Crippen molar-refractivity contribution in [2.75, 3.05) is 19.3 Å². The van der Waals surface area contributed by atoms with Gasteiger partial charge >= 0.3 is 0 Å². The predicted octanol–water partition coefficient (Wildman–Crippen LogP) is 0.984. The second-order valence-electron chi connectivity index (χ2n) is 7.19. The third-order valence-corrected chi connectivity index (χ3v) is 10.2. The highest BCUT2D eigenvalue weighted by Crippen LogP contribution is 2.57. The summed E-state index contributed by atoms with van der Waals surface area (Å²) in [6.45, 7) is 2.31. The molecule has 1 nitrogen and oxygen atoms in total. The summed E-state index contributed by atoms with van der Waals surface area (Å²) in [5.41, 5.74) is 0. The molecule has 4 rings (SSSR count). The van der Waals surface area contributed by atoms with E-state index in [-0.39, 0.29) is 17.0 Å². The maximum atomic E-state index is 3.53. The average molecular weight is 440 g/mol. The molecular weight excluding hydrogens is 413 g/mol. The first-order valence-corrected chi connectivity index (χ1v) is 11.6. The molecule has 0 aliphatic carbocycles. The van der Waals surface area contributed by atoms with E-state index in [1.165, 1.54) is 34.9 Å². The lowest BCUT2D eigenvalue weighted by Gasteiger charge is -2.32. The Morgan fingerprint density at radius 1 is 0.630 bits per heavy atom. The molecule has 0 unspecified atom stereocenters. The van der Waals surface area contributed by atoms with Crippen LogP contribution >= 0.6 is 7.26 Å². The van der Waals surface area contributed by atoms with Crippen molar-refractivity contribution < 1.29 is 17.0 Å². The zero-order valence-corrected chi connectivity index (χ0v) is 18.1. The Morgan fingerprint density at radius 2 is 1.00 bits per heavy atom. The molecule has 140 valence electrons. The first-order valence-electron chi connectivity index (χ1n) is 9.65. The molecule has 1 aliphatic rings. The van der Waals surface area contributed by atoms with Crippen LogP contribution in [0.4, 0.5) is 0 Å². The fourth-order valence-corrected chi connectivity index (χ4v) is 8.97. The number of hydrogen-bond donors (Lipinski definition) is 1. The van der Waals surface area contributed by atoms with Gasteiger partial charge in [-0.1, -0.05) is 54.6 Å². The van der Waals surface area contributed by atoms with Crippen molar-refractivity contribution >= 4 is 23.2 Å². The lowest BCUT2D eigenvalue weighted by atomic mass is 10.0. The molecule has 0 spiro atoms. The number of hydrogen-bond acceptors (Lipinski definition) is 1. The second-order valence-corrected chi connectivity index (χ2v) is 10.7. The quantitative estimate of drug-likeness (QED) is 0.584. The van der Waals surface area contributed by atoms with Gasteiger partial charge in [0.1, 0.15) is 23.2 Å². The lowest BCUT2D eigenvalue weighted by Crippen LogP contribution is -3.00. The largest absolute Gasteiger partial charge is 1.00 e. The fourth-order valence-electron chi connectivity index (χ4n) is 4.26. The third-order valence-electron chi connectivity index (χ3n) is 5.58. The summed E-state index contributed by atoms with van der Waals surface area (Å²) in [5, 5.41) is 8.06. The first-order chi connectivity index (χ1) is 12.9. The van der Waals surface area contributed by atoms with Gasteiger partial charge < -0.3 is 22.3 Å². The molecule has 1 saturated heterocycles. The third kappa shape index (κ3) is 4.35. The van der Waals surface area contributed by atoms with Crippen LogP contribution in [0.3, 0.4) is 0 Å². The Labute approximate surface area is 174 Å². The Hall–Kier alpha value is -1.47. The molecule has 3 aromatic carbocycles. The van der Waals surface area contributed by atoms with Crippen LogP contribution < -0.4 is 38.2 Å². The van der Waals surface area contributed by atoms with E-state index in [1.54, 1.807) is 0 Å². The van der Waals surface area contributed by atoms with Gasteiger partial charge in [0.15, 0.2) is 0 Å². The van der Waals surface area contributed by atoms with Crippen molar-refractivity contribution in [3.63, 3.8) is 0 Å². The molecule has 0 bridgehead atoms. The minimum atomic E-state index is -1.65. The van der Waals surface area contributed by atoms with E-state index in [2.05, 4.69) is 96.3 Å². The van der Waals surface area contributed by atoms with Crippen molar-refractivity contribution in [1.82, 2.24) is 5.32 Å². The van der Waals surface area contributed by atoms with Gasteiger partial charge in [0, 0.05) is 0 Å². The summed E-state index contributed by atoms with van der Waals surface area (Å²) < 4.78 is 0. The van der Waals surface area contributed by atoms with Crippen LogP contribution in [0.2, 0.25) is 0 Å². The monoisotopic (exact) mass is 439 g/mol. The number of piperidine rings is 1. The van der Waals surface area contributed by atoms with Crippen LogP contribution in [0.1, 0.15) is 12.8 Å². The molecule has 1 N–H and O–H groups in total. The van der Waals surface area contributed by atoms with Gasteiger partial charge in [-0.05, 0) is 68.2 Å². The van der Waals surface area contributed by atoms with Crippen molar-refractivity contribution in [2.45, 2.75) is 12.8 Å². The summed E-state index contributed by atoms with van der Waals surface area (Å²) in [7, 11) is -1.65. The molecule has 3 heteroatoms. The Bertz CT molecular complexity index is 705. The zero-order valence-electron chi connectivity index (χ0n) is 15.6. The van der Waals surface area contributed by atoms with Crippen LogP contribution in [0.25, 0.3) is 0 Å². The van der Waals surface area contributed by atoms with Crippen LogP contribution in [0.5, 0.6) is 0 Å². The molecular formula is C24H27BrNP. The minimum absolute atomic E-state index is 0. The van der Waals surface area contributed by atoms with Crippen molar-refractivity contribution in [2.24, 2.45) is 5.92 Å². The Morgan fingerprint density at radius 3 is 1.37 bits per heavy atom. The summed E-state index contributed by atoms with van der Waals surface area (Å²) in [5.74, 6) is 0.783. The van der Waals surface area contributed by atoms with Gasteiger partial charge in [0.2, 0.25) is 0 Å². The topological polar surface area (TPSA) is 12.0 Å². The van der Waals surface area contributed by atoms with Crippen LogP contribution in [0.15, 0.2) is 91.0 Å². The minimum Gasteiger partial charge on any atom is -1.00 e. The van der Waals surface area contributed by atoms with Gasteiger partial charge in [-0.15, -0.1) is 0 Å². The second kappa shape index (κ2) is 9.64. The van der Waals surface area contributed by atoms with Crippen LogP contribution in [-0.4, -0.2) is 19.3 Å². The van der Waals surface area contributed by atoms with E-state index < -0.39 is 7.26 Å². The number of benzene rings is 3. The van der Waals surface area contributed by atoms with E-state index >= 15 is 0 Å². The fraction of sp³-hybridized carbons (Fsp3) is 0.250. The zero-order chi connectivity index (χ0) is 17.7. The van der Waals surface area contributed by atoms with Crippen molar-refractivity contribution in [1.29, 1.82) is 0 Å². The van der Waals surface area contributed by atoms with Gasteiger partial charge in [0.05, 0.1) is 6.16 Å². The standard InChI is InChI=1S/C24H27NP.BrH/c1-4-10-22(11-5-1)26(23-12-6-2-7-13-23,24-14-8-3-9-15-24)20-21-16-18-25-19-17-21;/h1-15,21,25H,16-20H2;1H/q+1;/p-1. The Kier molecular flexibility index (Phi) is 7.24. The van der Waals surface area contributed by atoms with Crippen molar-refractivity contribution in [3.8, 4) is 0 Å². The van der Waals surface area contributed by atoms with Crippen LogP contribution in [-0.2, 0) is 0 Å². The summed E-state index contributed by atoms with van der Waals surface area (Å²) in [6.07, 6.45) is 3.84. The molecule has 1 heterocycles. The Balaban J connectivity index is 0.00000210. The van der Waals surface area contributed by atoms with E-state index in [4.69, 9.17) is 0 Å². The molecule has 0 aromatic heterocycles. The molecule has 0 radical (unpaired) electrons. The SMILES string of the molecule is [Br-].c1ccc([P+](CC2CCNCC2)(c2ccccc2)c2ccccc2)cc1. The molecule has 0 atom stereocenters.